The first-order valence-corrected chi connectivity index (χ1v) is 8.70. The number of hydrogen-bond acceptors (Lipinski definition) is 3. The van der Waals surface area contributed by atoms with Crippen LogP contribution in [-0.4, -0.2) is 21.5 Å². The van der Waals surface area contributed by atoms with Gasteiger partial charge in [0, 0.05) is 12.6 Å². The van der Waals surface area contributed by atoms with Crippen LogP contribution in [-0.2, 0) is 16.6 Å². The van der Waals surface area contributed by atoms with E-state index in [1.807, 2.05) is 13.8 Å². The highest BCUT2D eigenvalue weighted by Crippen LogP contribution is 2.38. The van der Waals surface area contributed by atoms with E-state index < -0.39 is 15.8 Å². The highest BCUT2D eigenvalue weighted by atomic mass is 32.2. The molecular weight excluding hydrogens is 291 g/mol. The van der Waals surface area contributed by atoms with Gasteiger partial charge >= 0.3 is 0 Å². The molecule has 1 aromatic carbocycles. The van der Waals surface area contributed by atoms with Crippen LogP contribution in [0.2, 0.25) is 0 Å². The third-order valence-corrected chi connectivity index (χ3v) is 5.71. The second-order valence-corrected chi connectivity index (χ2v) is 8.03. The SMILES string of the molecule is CNCc1ccc(F)c(S(=O)(=O)NC2CCCC2(C)C)c1. The second kappa shape index (κ2) is 6.02. The average Bonchev–Trinajstić information content (AvgIpc) is 2.71. The Morgan fingerprint density at radius 3 is 2.67 bits per heavy atom. The van der Waals surface area contributed by atoms with Gasteiger partial charge in [0.05, 0.1) is 0 Å². The van der Waals surface area contributed by atoms with Gasteiger partial charge in [-0.15, -0.1) is 0 Å². The minimum absolute atomic E-state index is 0.0911. The summed E-state index contributed by atoms with van der Waals surface area (Å²) in [5, 5.41) is 2.93. The monoisotopic (exact) mass is 314 g/mol. The molecule has 4 nitrogen and oxygen atoms in total. The van der Waals surface area contributed by atoms with Crippen LogP contribution in [0, 0.1) is 11.2 Å². The molecule has 1 unspecified atom stereocenters. The van der Waals surface area contributed by atoms with Gasteiger partial charge < -0.3 is 5.32 Å². The Kier molecular flexibility index (Phi) is 4.70. The first-order valence-electron chi connectivity index (χ1n) is 7.21. The van der Waals surface area contributed by atoms with E-state index in [9.17, 15) is 12.8 Å². The van der Waals surface area contributed by atoms with Crippen LogP contribution in [0.15, 0.2) is 23.1 Å². The van der Waals surface area contributed by atoms with E-state index in [4.69, 9.17) is 0 Å². The number of nitrogens with one attached hydrogen (secondary N) is 2. The Morgan fingerprint density at radius 1 is 1.38 bits per heavy atom. The van der Waals surface area contributed by atoms with Crippen molar-refractivity contribution in [3.63, 3.8) is 0 Å². The summed E-state index contributed by atoms with van der Waals surface area (Å²) in [6.45, 7) is 4.58. The minimum Gasteiger partial charge on any atom is -0.316 e. The maximum absolute atomic E-state index is 13.9. The van der Waals surface area contributed by atoms with Gasteiger partial charge in [-0.05, 0) is 43.0 Å². The van der Waals surface area contributed by atoms with Crippen molar-refractivity contribution in [1.29, 1.82) is 0 Å². The summed E-state index contributed by atoms with van der Waals surface area (Å²) >= 11 is 0. The van der Waals surface area contributed by atoms with Gasteiger partial charge in [0.25, 0.3) is 0 Å². The van der Waals surface area contributed by atoms with E-state index in [1.165, 1.54) is 12.1 Å². The second-order valence-electron chi connectivity index (χ2n) is 6.35. The highest BCUT2D eigenvalue weighted by Gasteiger charge is 2.37. The van der Waals surface area contributed by atoms with E-state index in [2.05, 4.69) is 10.0 Å². The molecule has 2 rings (SSSR count). The molecule has 0 amide bonds. The Hall–Kier alpha value is -0.980. The molecule has 1 aromatic rings. The Morgan fingerprint density at radius 2 is 2.10 bits per heavy atom. The van der Waals surface area contributed by atoms with Crippen LogP contribution in [0.4, 0.5) is 4.39 Å². The van der Waals surface area contributed by atoms with E-state index in [1.54, 1.807) is 13.1 Å². The summed E-state index contributed by atoms with van der Waals surface area (Å²) in [7, 11) is -2.08. The van der Waals surface area contributed by atoms with Crippen molar-refractivity contribution in [2.75, 3.05) is 7.05 Å². The van der Waals surface area contributed by atoms with E-state index in [0.29, 0.717) is 6.54 Å². The molecule has 0 aromatic heterocycles. The molecule has 0 aliphatic heterocycles. The van der Waals surface area contributed by atoms with E-state index >= 15 is 0 Å². The molecule has 1 aliphatic carbocycles. The maximum Gasteiger partial charge on any atom is 0.243 e. The van der Waals surface area contributed by atoms with Crippen molar-refractivity contribution in [1.82, 2.24) is 10.0 Å². The predicted octanol–water partition coefficient (Wildman–Crippen LogP) is 2.40. The van der Waals surface area contributed by atoms with Crippen molar-refractivity contribution in [2.24, 2.45) is 5.41 Å². The van der Waals surface area contributed by atoms with Gasteiger partial charge in [-0.2, -0.15) is 0 Å². The first-order chi connectivity index (χ1) is 9.76. The van der Waals surface area contributed by atoms with Gasteiger partial charge in [0.2, 0.25) is 10.0 Å². The van der Waals surface area contributed by atoms with Gasteiger partial charge in [0.1, 0.15) is 10.7 Å². The lowest BCUT2D eigenvalue weighted by Gasteiger charge is -2.27. The fourth-order valence-corrected chi connectivity index (χ4v) is 4.43. The lowest BCUT2D eigenvalue weighted by Crippen LogP contribution is -2.41. The largest absolute Gasteiger partial charge is 0.316 e. The average molecular weight is 314 g/mol. The van der Waals surface area contributed by atoms with E-state index in [-0.39, 0.29) is 16.4 Å². The number of halogens is 1. The summed E-state index contributed by atoms with van der Waals surface area (Å²) in [6.07, 6.45) is 2.76. The molecule has 0 heterocycles. The smallest absolute Gasteiger partial charge is 0.243 e. The molecule has 0 spiro atoms. The zero-order chi connectivity index (χ0) is 15.7. The Labute approximate surface area is 126 Å². The number of sulfonamides is 1. The van der Waals surface area contributed by atoms with Gasteiger partial charge in [-0.25, -0.2) is 17.5 Å². The molecule has 1 aliphatic rings. The number of rotatable bonds is 5. The molecular formula is C15H23FN2O2S. The Balaban J connectivity index is 2.29. The lowest BCUT2D eigenvalue weighted by molar-refractivity contribution is 0.312. The maximum atomic E-state index is 13.9. The van der Waals surface area contributed by atoms with Crippen molar-refractivity contribution >= 4 is 10.0 Å². The number of benzene rings is 1. The molecule has 1 atom stereocenters. The van der Waals surface area contributed by atoms with Crippen LogP contribution in [0.5, 0.6) is 0 Å². The summed E-state index contributed by atoms with van der Waals surface area (Å²) in [6, 6.07) is 4.05. The fourth-order valence-electron chi connectivity index (χ4n) is 2.86. The molecule has 118 valence electrons. The first kappa shape index (κ1) is 16.4. The predicted molar refractivity (Wildman–Crippen MR) is 80.9 cm³/mol. The van der Waals surface area contributed by atoms with Crippen LogP contribution in [0.3, 0.4) is 0 Å². The molecule has 6 heteroatoms. The molecule has 0 radical (unpaired) electrons. The fraction of sp³-hybridized carbons (Fsp3) is 0.600. The zero-order valence-corrected chi connectivity index (χ0v) is 13.6. The number of hydrogen-bond donors (Lipinski definition) is 2. The van der Waals surface area contributed by atoms with Crippen LogP contribution in [0.25, 0.3) is 0 Å². The van der Waals surface area contributed by atoms with Crippen molar-refractivity contribution < 1.29 is 12.8 Å². The highest BCUT2D eigenvalue weighted by molar-refractivity contribution is 7.89. The minimum atomic E-state index is -3.84. The van der Waals surface area contributed by atoms with Crippen molar-refractivity contribution in [3.05, 3.63) is 29.6 Å². The van der Waals surface area contributed by atoms with Crippen LogP contribution in [0.1, 0.15) is 38.7 Å². The molecule has 0 bridgehead atoms. The third-order valence-electron chi connectivity index (χ3n) is 4.22. The van der Waals surface area contributed by atoms with Crippen molar-refractivity contribution in [2.45, 2.75) is 50.6 Å². The zero-order valence-electron chi connectivity index (χ0n) is 12.7. The molecule has 2 N–H and O–H groups in total. The third kappa shape index (κ3) is 3.62. The quantitative estimate of drug-likeness (QED) is 0.877. The molecule has 1 fully saturated rings. The standard InChI is InChI=1S/C15H23FN2O2S/c1-15(2)8-4-5-14(15)18-21(19,20)13-9-11(10-17-3)6-7-12(13)16/h6-7,9,14,17-18H,4-5,8,10H2,1-3H3. The molecule has 21 heavy (non-hydrogen) atoms. The summed E-state index contributed by atoms with van der Waals surface area (Å²) < 4.78 is 41.6. The summed E-state index contributed by atoms with van der Waals surface area (Å²) in [4.78, 5) is -0.266. The van der Waals surface area contributed by atoms with Crippen molar-refractivity contribution in [3.8, 4) is 0 Å². The van der Waals surface area contributed by atoms with E-state index in [0.717, 1.165) is 24.8 Å². The van der Waals surface area contributed by atoms with Gasteiger partial charge in [-0.1, -0.05) is 26.3 Å². The normalized spacial score (nSPS) is 21.6. The lowest BCUT2D eigenvalue weighted by atomic mass is 9.88. The molecule has 0 saturated heterocycles. The summed E-state index contributed by atoms with van der Waals surface area (Å²) in [5.74, 6) is -0.710. The molecule has 1 saturated carbocycles. The Bertz CT molecular complexity index is 614. The van der Waals surface area contributed by atoms with Crippen LogP contribution < -0.4 is 10.0 Å². The topological polar surface area (TPSA) is 58.2 Å². The van der Waals surface area contributed by atoms with Gasteiger partial charge in [0.15, 0.2) is 0 Å². The van der Waals surface area contributed by atoms with Gasteiger partial charge in [-0.3, -0.25) is 0 Å². The summed E-state index contributed by atoms with van der Waals surface area (Å²) in [5.41, 5.74) is 0.650. The van der Waals surface area contributed by atoms with Crippen LogP contribution >= 0.6 is 0 Å².